The van der Waals surface area contributed by atoms with Gasteiger partial charge < -0.3 is 10.6 Å². The van der Waals surface area contributed by atoms with E-state index >= 15 is 0 Å². The molecule has 1 amide bonds. The fourth-order valence-corrected chi connectivity index (χ4v) is 5.63. The molecule has 4 aliphatic rings. The number of rotatable bonds is 2. The molecule has 2 N–H and O–H groups in total. The molecule has 0 radical (unpaired) electrons. The third-order valence-electron chi connectivity index (χ3n) is 6.06. The Balaban J connectivity index is 1.41. The molecular formula is C19H24N2OS. The Morgan fingerprint density at radius 3 is 2.09 bits per heavy atom. The van der Waals surface area contributed by atoms with Gasteiger partial charge in [0.2, 0.25) is 5.91 Å². The highest BCUT2D eigenvalue weighted by molar-refractivity contribution is 7.80. The zero-order chi connectivity index (χ0) is 16.0. The van der Waals surface area contributed by atoms with Gasteiger partial charge in [0.05, 0.1) is 5.41 Å². The molecule has 0 heterocycles. The molecule has 3 nitrogen and oxygen atoms in total. The van der Waals surface area contributed by atoms with Gasteiger partial charge in [0.25, 0.3) is 0 Å². The second-order valence-electron chi connectivity index (χ2n) is 7.97. The van der Waals surface area contributed by atoms with E-state index < -0.39 is 0 Å². The van der Waals surface area contributed by atoms with Crippen LogP contribution in [0.3, 0.4) is 0 Å². The van der Waals surface area contributed by atoms with E-state index in [0.29, 0.717) is 5.11 Å². The summed E-state index contributed by atoms with van der Waals surface area (Å²) in [4.78, 5) is 12.9. The summed E-state index contributed by atoms with van der Waals surface area (Å²) >= 11 is 5.36. The lowest BCUT2D eigenvalue weighted by Crippen LogP contribution is -2.55. The van der Waals surface area contributed by atoms with Gasteiger partial charge in [0.1, 0.15) is 0 Å². The fourth-order valence-electron chi connectivity index (χ4n) is 5.42. The molecule has 23 heavy (non-hydrogen) atoms. The van der Waals surface area contributed by atoms with Crippen LogP contribution in [0.1, 0.15) is 44.1 Å². The summed E-state index contributed by atoms with van der Waals surface area (Å²) < 4.78 is 0. The molecule has 0 unspecified atom stereocenters. The summed E-state index contributed by atoms with van der Waals surface area (Å²) in [6.45, 7) is 2.05. The molecule has 1 aromatic carbocycles. The van der Waals surface area contributed by atoms with Gasteiger partial charge in [-0.2, -0.15) is 0 Å². The molecule has 0 aliphatic heterocycles. The number of carbonyl (C=O) groups is 1. The Morgan fingerprint density at radius 1 is 1.04 bits per heavy atom. The third-order valence-corrected chi connectivity index (χ3v) is 6.26. The van der Waals surface area contributed by atoms with Crippen LogP contribution in [0.5, 0.6) is 0 Å². The van der Waals surface area contributed by atoms with E-state index in [1.807, 2.05) is 24.3 Å². The molecule has 4 bridgehead atoms. The van der Waals surface area contributed by atoms with Crippen molar-refractivity contribution in [2.45, 2.75) is 45.4 Å². The Hall–Kier alpha value is -1.42. The highest BCUT2D eigenvalue weighted by Gasteiger charge is 2.54. The van der Waals surface area contributed by atoms with Crippen LogP contribution in [-0.2, 0) is 4.79 Å². The normalized spacial score (nSPS) is 34.2. The lowest BCUT2D eigenvalue weighted by atomic mass is 9.49. The number of hydrogen-bond donors (Lipinski definition) is 2. The van der Waals surface area contributed by atoms with Gasteiger partial charge in [-0.05, 0) is 87.6 Å². The molecule has 0 aromatic heterocycles. The highest BCUT2D eigenvalue weighted by atomic mass is 32.1. The minimum absolute atomic E-state index is 0.145. The zero-order valence-corrected chi connectivity index (χ0v) is 14.4. The van der Waals surface area contributed by atoms with Crippen LogP contribution in [0.15, 0.2) is 24.3 Å². The largest absolute Gasteiger partial charge is 0.332 e. The molecule has 4 fully saturated rings. The lowest BCUT2D eigenvalue weighted by Gasteiger charge is -2.55. The second kappa shape index (κ2) is 5.59. The van der Waals surface area contributed by atoms with E-state index in [-0.39, 0.29) is 11.3 Å². The first-order valence-corrected chi connectivity index (χ1v) is 9.12. The van der Waals surface area contributed by atoms with Crippen molar-refractivity contribution in [1.82, 2.24) is 5.32 Å². The summed E-state index contributed by atoms with van der Waals surface area (Å²) in [5, 5.41) is 6.54. The number of anilines is 1. The third kappa shape index (κ3) is 2.89. The van der Waals surface area contributed by atoms with E-state index in [9.17, 15) is 4.79 Å². The molecule has 0 spiro atoms. The summed E-state index contributed by atoms with van der Waals surface area (Å²) in [7, 11) is 0. The van der Waals surface area contributed by atoms with E-state index in [1.54, 1.807) is 0 Å². The Kier molecular flexibility index (Phi) is 3.67. The van der Waals surface area contributed by atoms with Crippen molar-refractivity contribution < 1.29 is 4.79 Å². The molecule has 5 rings (SSSR count). The van der Waals surface area contributed by atoms with Crippen LogP contribution in [0.25, 0.3) is 0 Å². The van der Waals surface area contributed by atoms with E-state index in [1.165, 1.54) is 24.8 Å². The maximum Gasteiger partial charge on any atom is 0.232 e. The maximum absolute atomic E-state index is 12.9. The minimum Gasteiger partial charge on any atom is -0.332 e. The number of nitrogens with one attached hydrogen (secondary N) is 2. The molecule has 0 atom stereocenters. The molecule has 4 saturated carbocycles. The van der Waals surface area contributed by atoms with E-state index in [2.05, 4.69) is 17.6 Å². The fraction of sp³-hybridized carbons (Fsp3) is 0.579. The standard InChI is InChI=1S/C19H24N2OS/c1-12-2-4-16(5-3-12)20-18(23)21-17(22)19-9-13-6-14(10-19)8-15(7-13)11-19/h2-5,13-15H,6-11H2,1H3,(H2,20,21,22,23). The van der Waals surface area contributed by atoms with Crippen molar-refractivity contribution in [3.8, 4) is 0 Å². The predicted molar refractivity (Wildman–Crippen MR) is 96.1 cm³/mol. The first-order chi connectivity index (χ1) is 11.0. The van der Waals surface area contributed by atoms with Gasteiger partial charge in [0.15, 0.2) is 5.11 Å². The summed E-state index contributed by atoms with van der Waals surface area (Å²) in [6, 6.07) is 8.04. The topological polar surface area (TPSA) is 41.1 Å². The maximum atomic E-state index is 12.9. The number of benzene rings is 1. The molecule has 0 saturated heterocycles. The molecular weight excluding hydrogens is 304 g/mol. The number of amides is 1. The van der Waals surface area contributed by atoms with Crippen molar-refractivity contribution >= 4 is 28.9 Å². The van der Waals surface area contributed by atoms with Crippen molar-refractivity contribution in [2.75, 3.05) is 5.32 Å². The zero-order valence-electron chi connectivity index (χ0n) is 13.6. The Bertz CT molecular complexity index is 602. The first kappa shape index (κ1) is 15.1. The summed E-state index contributed by atoms with van der Waals surface area (Å²) in [5.74, 6) is 2.46. The first-order valence-electron chi connectivity index (χ1n) is 8.71. The van der Waals surface area contributed by atoms with E-state index in [4.69, 9.17) is 12.2 Å². The smallest absolute Gasteiger partial charge is 0.232 e. The van der Waals surface area contributed by atoms with Gasteiger partial charge in [-0.3, -0.25) is 4.79 Å². The molecule has 4 heteroatoms. The average molecular weight is 328 g/mol. The van der Waals surface area contributed by atoms with Gasteiger partial charge in [-0.15, -0.1) is 0 Å². The SMILES string of the molecule is Cc1ccc(NC(=S)NC(=O)C23CC4CC(CC(C4)C2)C3)cc1. The van der Waals surface area contributed by atoms with Gasteiger partial charge in [-0.25, -0.2) is 0 Å². The van der Waals surface area contributed by atoms with E-state index in [0.717, 1.165) is 42.7 Å². The minimum atomic E-state index is -0.145. The van der Waals surface area contributed by atoms with Crippen LogP contribution < -0.4 is 10.6 Å². The van der Waals surface area contributed by atoms with Gasteiger partial charge in [0, 0.05) is 5.69 Å². The molecule has 122 valence electrons. The van der Waals surface area contributed by atoms with Crippen LogP contribution in [-0.4, -0.2) is 11.0 Å². The highest BCUT2D eigenvalue weighted by Crippen LogP contribution is 2.60. The number of thiocarbonyl (C=S) groups is 1. The number of aryl methyl sites for hydroxylation is 1. The van der Waals surface area contributed by atoms with Crippen LogP contribution in [0.2, 0.25) is 0 Å². The van der Waals surface area contributed by atoms with Crippen molar-refractivity contribution in [2.24, 2.45) is 23.2 Å². The summed E-state index contributed by atoms with van der Waals surface area (Å²) in [5.41, 5.74) is 1.99. The quantitative estimate of drug-likeness (QED) is 0.806. The predicted octanol–water partition coefficient (Wildman–Crippen LogP) is 4.02. The van der Waals surface area contributed by atoms with Crippen LogP contribution in [0.4, 0.5) is 5.69 Å². The Labute approximate surface area is 143 Å². The van der Waals surface area contributed by atoms with Crippen molar-refractivity contribution in [1.29, 1.82) is 0 Å². The Morgan fingerprint density at radius 2 is 1.57 bits per heavy atom. The van der Waals surface area contributed by atoms with Crippen LogP contribution >= 0.6 is 12.2 Å². The molecule has 1 aromatic rings. The van der Waals surface area contributed by atoms with Gasteiger partial charge in [-0.1, -0.05) is 17.7 Å². The van der Waals surface area contributed by atoms with Gasteiger partial charge >= 0.3 is 0 Å². The number of carbonyl (C=O) groups excluding carboxylic acids is 1. The second-order valence-corrected chi connectivity index (χ2v) is 8.38. The monoisotopic (exact) mass is 328 g/mol. The van der Waals surface area contributed by atoms with Crippen molar-refractivity contribution in [3.05, 3.63) is 29.8 Å². The lowest BCUT2D eigenvalue weighted by molar-refractivity contribution is -0.144. The summed E-state index contributed by atoms with van der Waals surface area (Å²) in [6.07, 6.45) is 7.24. The van der Waals surface area contributed by atoms with Crippen LogP contribution in [0, 0.1) is 30.1 Å². The average Bonchev–Trinajstić information content (AvgIpc) is 2.48. The molecule has 4 aliphatic carbocycles. The number of hydrogen-bond acceptors (Lipinski definition) is 2. The van der Waals surface area contributed by atoms with Crippen molar-refractivity contribution in [3.63, 3.8) is 0 Å².